The van der Waals surface area contributed by atoms with E-state index in [1.54, 1.807) is 0 Å². The molecule has 0 amide bonds. The average Bonchev–Trinajstić information content (AvgIpc) is 3.38. The van der Waals surface area contributed by atoms with Crippen LogP contribution >= 0.6 is 7.14 Å². The van der Waals surface area contributed by atoms with Crippen molar-refractivity contribution in [3.05, 3.63) is 146 Å². The molecule has 0 bridgehead atoms. The van der Waals surface area contributed by atoms with Gasteiger partial charge in [0.15, 0.2) is 7.14 Å². The predicted octanol–water partition coefficient (Wildman–Crippen LogP) is 7.23. The normalized spacial score (nSPS) is 17.2. The minimum absolute atomic E-state index is 0.904. The van der Waals surface area contributed by atoms with E-state index in [2.05, 4.69) is 127 Å². The summed E-state index contributed by atoms with van der Waals surface area (Å²) in [6.07, 6.45) is 0. The molecule has 1 aromatic heterocycles. The maximum atomic E-state index is 15.5. The molecule has 0 saturated carbocycles. The van der Waals surface area contributed by atoms with Crippen molar-refractivity contribution in [2.45, 2.75) is 13.1 Å². The summed E-state index contributed by atoms with van der Waals surface area (Å²) in [7, 11) is -5.13. The molecule has 0 saturated heterocycles. The molecule has 1 aliphatic heterocycles. The van der Waals surface area contributed by atoms with Crippen LogP contribution in [0.4, 0.5) is 0 Å². The van der Waals surface area contributed by atoms with Crippen molar-refractivity contribution in [3.63, 3.8) is 0 Å². The van der Waals surface area contributed by atoms with Gasteiger partial charge in [-0.05, 0) is 57.9 Å². The summed E-state index contributed by atoms with van der Waals surface area (Å²) in [4.78, 5) is 0. The number of nitrogens with zero attached hydrogens (tertiary/aromatic N) is 1. The zero-order chi connectivity index (χ0) is 28.5. The zero-order valence-corrected chi connectivity index (χ0v) is 25.6. The number of hydrogen-bond donors (Lipinski definition) is 0. The molecule has 1 aliphatic rings. The SMILES string of the molecule is C[Si]1(C)c2ccccc2P(=O)(c2ccccc2)c2cc(-c3ccc4c(c3)c3ccccc3n4-c3ccccc3)ccc21. The van der Waals surface area contributed by atoms with Gasteiger partial charge in [-0.15, -0.1) is 0 Å². The first-order valence-corrected chi connectivity index (χ1v) is 19.2. The summed E-state index contributed by atoms with van der Waals surface area (Å²) >= 11 is 0. The van der Waals surface area contributed by atoms with Gasteiger partial charge in [-0.25, -0.2) is 0 Å². The number of aromatic nitrogens is 1. The van der Waals surface area contributed by atoms with Gasteiger partial charge in [0, 0.05) is 32.4 Å². The van der Waals surface area contributed by atoms with Crippen LogP contribution in [0.2, 0.25) is 13.1 Å². The number of para-hydroxylation sites is 2. The standard InChI is InChI=1S/C38H30NOPSi/c1-42(2)37-20-12-11-19-35(37)41(40,30-15-7-4-8-16-30)36-26-28(22-24-38(36)42)27-21-23-34-32(25-27)31-17-9-10-18-33(31)39(34)29-13-5-3-6-14-29/h3-26H,1-2H3. The van der Waals surface area contributed by atoms with Gasteiger partial charge in [0.05, 0.1) is 11.0 Å². The Morgan fingerprint density at radius 2 is 1.12 bits per heavy atom. The molecule has 0 fully saturated rings. The number of rotatable bonds is 3. The van der Waals surface area contributed by atoms with Gasteiger partial charge in [-0.2, -0.15) is 0 Å². The van der Waals surface area contributed by atoms with Crippen LogP contribution in [0.15, 0.2) is 146 Å². The zero-order valence-electron chi connectivity index (χ0n) is 23.7. The summed E-state index contributed by atoms with van der Waals surface area (Å²) in [5.41, 5.74) is 5.77. The molecule has 2 nitrogen and oxygen atoms in total. The summed E-state index contributed by atoms with van der Waals surface area (Å²) < 4.78 is 17.9. The van der Waals surface area contributed by atoms with Crippen LogP contribution in [0.3, 0.4) is 0 Å². The van der Waals surface area contributed by atoms with E-state index < -0.39 is 15.2 Å². The van der Waals surface area contributed by atoms with Gasteiger partial charge in [0.1, 0.15) is 8.07 Å². The van der Waals surface area contributed by atoms with E-state index in [0.29, 0.717) is 0 Å². The molecular weight excluding hydrogens is 545 g/mol. The number of benzene rings is 6. The Hall–Kier alpha value is -4.43. The molecule has 4 heteroatoms. The second-order valence-electron chi connectivity index (χ2n) is 11.7. The smallest absolute Gasteiger partial charge is 0.170 e. The first-order valence-electron chi connectivity index (χ1n) is 14.5. The highest BCUT2D eigenvalue weighted by atomic mass is 31.2. The highest BCUT2D eigenvalue weighted by Gasteiger charge is 2.45. The summed E-state index contributed by atoms with van der Waals surface area (Å²) in [5, 5.41) is 7.94. The molecule has 7 aromatic rings. The Morgan fingerprint density at radius 1 is 0.524 bits per heavy atom. The predicted molar refractivity (Wildman–Crippen MR) is 182 cm³/mol. The van der Waals surface area contributed by atoms with E-state index in [1.165, 1.54) is 32.2 Å². The molecular formula is C38H30NOPSi. The van der Waals surface area contributed by atoms with Gasteiger partial charge < -0.3 is 9.13 Å². The molecule has 0 N–H and O–H groups in total. The van der Waals surface area contributed by atoms with Gasteiger partial charge in [-0.1, -0.05) is 122 Å². The molecule has 0 spiro atoms. The topological polar surface area (TPSA) is 22.0 Å². The molecule has 1 atom stereocenters. The van der Waals surface area contributed by atoms with E-state index >= 15 is 4.57 Å². The second kappa shape index (κ2) is 9.29. The van der Waals surface area contributed by atoms with E-state index in [1.807, 2.05) is 36.4 Å². The number of hydrogen-bond acceptors (Lipinski definition) is 1. The highest BCUT2D eigenvalue weighted by Crippen LogP contribution is 2.45. The van der Waals surface area contributed by atoms with Gasteiger partial charge in [0.25, 0.3) is 0 Å². The largest absolute Gasteiger partial charge is 0.309 e. The molecule has 42 heavy (non-hydrogen) atoms. The van der Waals surface area contributed by atoms with Crippen molar-refractivity contribution in [1.82, 2.24) is 4.57 Å². The van der Waals surface area contributed by atoms with Crippen LogP contribution in [0.25, 0.3) is 38.6 Å². The molecule has 2 heterocycles. The van der Waals surface area contributed by atoms with Crippen molar-refractivity contribution in [3.8, 4) is 16.8 Å². The molecule has 8 rings (SSSR count). The third-order valence-corrected chi connectivity index (χ3v) is 16.2. The summed E-state index contributed by atoms with van der Waals surface area (Å²) in [5.74, 6) is 0. The monoisotopic (exact) mass is 575 g/mol. The summed E-state index contributed by atoms with van der Waals surface area (Å²) in [6, 6.07) is 51.3. The van der Waals surface area contributed by atoms with Crippen LogP contribution in [0, 0.1) is 0 Å². The Bertz CT molecular complexity index is 2200. The van der Waals surface area contributed by atoms with Crippen molar-refractivity contribution in [2.24, 2.45) is 0 Å². The Balaban J connectivity index is 1.37. The van der Waals surface area contributed by atoms with Crippen LogP contribution < -0.4 is 26.3 Å². The lowest BCUT2D eigenvalue weighted by molar-refractivity contribution is 0.592. The van der Waals surface area contributed by atoms with Crippen LogP contribution in [0.1, 0.15) is 0 Å². The lowest BCUT2D eigenvalue weighted by Gasteiger charge is -2.38. The van der Waals surface area contributed by atoms with Crippen LogP contribution in [0.5, 0.6) is 0 Å². The minimum atomic E-state index is -3.07. The van der Waals surface area contributed by atoms with E-state index in [-0.39, 0.29) is 0 Å². The van der Waals surface area contributed by atoms with Gasteiger partial charge >= 0.3 is 0 Å². The van der Waals surface area contributed by atoms with Gasteiger partial charge in [-0.3, -0.25) is 0 Å². The Labute approximate surface area is 247 Å². The van der Waals surface area contributed by atoms with Crippen molar-refractivity contribution in [1.29, 1.82) is 0 Å². The second-order valence-corrected chi connectivity index (χ2v) is 18.8. The lowest BCUT2D eigenvalue weighted by atomic mass is 10.0. The Morgan fingerprint density at radius 3 is 1.93 bits per heavy atom. The van der Waals surface area contributed by atoms with E-state index in [9.17, 15) is 0 Å². The quantitative estimate of drug-likeness (QED) is 0.161. The first kappa shape index (κ1) is 25.3. The third-order valence-electron chi connectivity index (χ3n) is 9.07. The van der Waals surface area contributed by atoms with E-state index in [0.717, 1.165) is 32.7 Å². The first-order chi connectivity index (χ1) is 20.5. The highest BCUT2D eigenvalue weighted by molar-refractivity contribution is 7.86. The fourth-order valence-electron chi connectivity index (χ4n) is 6.98. The number of fused-ring (bicyclic) bond motifs is 5. The molecule has 1 unspecified atom stereocenters. The maximum Gasteiger partial charge on any atom is 0.170 e. The fraction of sp³-hybridized carbons (Fsp3) is 0.0526. The van der Waals surface area contributed by atoms with Crippen LogP contribution in [-0.4, -0.2) is 12.6 Å². The van der Waals surface area contributed by atoms with Crippen molar-refractivity contribution in [2.75, 3.05) is 0 Å². The third kappa shape index (κ3) is 3.54. The molecule has 6 aromatic carbocycles. The van der Waals surface area contributed by atoms with Crippen molar-refractivity contribution >= 4 is 63.3 Å². The van der Waals surface area contributed by atoms with Gasteiger partial charge in [0.2, 0.25) is 0 Å². The molecule has 0 aliphatic carbocycles. The van der Waals surface area contributed by atoms with Crippen molar-refractivity contribution < 1.29 is 4.57 Å². The molecule has 202 valence electrons. The minimum Gasteiger partial charge on any atom is -0.309 e. The fourth-order valence-corrected chi connectivity index (χ4v) is 15.2. The average molecular weight is 576 g/mol. The summed E-state index contributed by atoms with van der Waals surface area (Å²) in [6.45, 7) is 4.78. The maximum absolute atomic E-state index is 15.5. The molecule has 0 radical (unpaired) electrons. The Kier molecular flexibility index (Phi) is 5.59. The van der Waals surface area contributed by atoms with Crippen LogP contribution in [-0.2, 0) is 4.57 Å². The van der Waals surface area contributed by atoms with E-state index in [4.69, 9.17) is 0 Å². The lowest BCUT2D eigenvalue weighted by Crippen LogP contribution is -2.67.